The van der Waals surface area contributed by atoms with Gasteiger partial charge in [0.15, 0.2) is 0 Å². The average Bonchev–Trinajstić information content (AvgIpc) is 2.25. The molecule has 84 valence electrons. The summed E-state index contributed by atoms with van der Waals surface area (Å²) in [4.78, 5) is 0. The summed E-state index contributed by atoms with van der Waals surface area (Å²) in [6, 6.07) is 8.45. The standard InChI is InChI=1S/C12H18ClNS/c1-10(14-8-3-9-15-2)11-4-6-12(13)7-5-11/h4-7,10,14H,3,8-9H2,1-2H3. The first-order valence-corrected chi connectivity index (χ1v) is 6.99. The van der Waals surface area contributed by atoms with Gasteiger partial charge in [0, 0.05) is 11.1 Å². The number of nitrogens with one attached hydrogen (secondary N) is 1. The van der Waals surface area contributed by atoms with E-state index in [1.807, 2.05) is 23.9 Å². The highest BCUT2D eigenvalue weighted by atomic mass is 35.5. The Morgan fingerprint density at radius 3 is 2.60 bits per heavy atom. The third kappa shape index (κ3) is 4.92. The summed E-state index contributed by atoms with van der Waals surface area (Å²) >= 11 is 7.73. The fourth-order valence-electron chi connectivity index (χ4n) is 1.40. The molecular weight excluding hydrogens is 226 g/mol. The lowest BCUT2D eigenvalue weighted by atomic mass is 10.1. The Morgan fingerprint density at radius 1 is 1.33 bits per heavy atom. The maximum absolute atomic E-state index is 5.84. The Kier molecular flexibility index (Phi) is 6.15. The summed E-state index contributed by atoms with van der Waals surface area (Å²) in [5, 5.41) is 4.30. The highest BCUT2D eigenvalue weighted by Crippen LogP contribution is 2.15. The van der Waals surface area contributed by atoms with Crippen molar-refractivity contribution in [2.45, 2.75) is 19.4 Å². The summed E-state index contributed by atoms with van der Waals surface area (Å²) in [7, 11) is 0. The summed E-state index contributed by atoms with van der Waals surface area (Å²) in [5.74, 6) is 1.22. The van der Waals surface area contributed by atoms with Gasteiger partial charge in [-0.1, -0.05) is 23.7 Å². The first kappa shape index (κ1) is 12.9. The van der Waals surface area contributed by atoms with E-state index >= 15 is 0 Å². The van der Waals surface area contributed by atoms with Crippen molar-refractivity contribution in [1.82, 2.24) is 5.32 Å². The number of benzene rings is 1. The van der Waals surface area contributed by atoms with Gasteiger partial charge in [-0.15, -0.1) is 0 Å². The fraction of sp³-hybridized carbons (Fsp3) is 0.500. The monoisotopic (exact) mass is 243 g/mol. The van der Waals surface area contributed by atoms with Gasteiger partial charge in [0.1, 0.15) is 0 Å². The first-order chi connectivity index (χ1) is 7.24. The molecular formula is C12H18ClNS. The molecule has 1 atom stereocenters. The van der Waals surface area contributed by atoms with E-state index in [4.69, 9.17) is 11.6 Å². The van der Waals surface area contributed by atoms with Crippen molar-refractivity contribution >= 4 is 23.4 Å². The molecule has 0 aromatic heterocycles. The number of hydrogen-bond donors (Lipinski definition) is 1. The maximum Gasteiger partial charge on any atom is 0.0406 e. The lowest BCUT2D eigenvalue weighted by Crippen LogP contribution is -2.20. The molecule has 1 nitrogen and oxygen atoms in total. The molecule has 0 fully saturated rings. The van der Waals surface area contributed by atoms with Gasteiger partial charge in [0.05, 0.1) is 0 Å². The van der Waals surface area contributed by atoms with E-state index in [2.05, 4.69) is 30.6 Å². The number of hydrogen-bond acceptors (Lipinski definition) is 2. The smallest absolute Gasteiger partial charge is 0.0406 e. The highest BCUT2D eigenvalue weighted by molar-refractivity contribution is 7.98. The van der Waals surface area contributed by atoms with Crippen molar-refractivity contribution in [3.8, 4) is 0 Å². The third-order valence-electron chi connectivity index (χ3n) is 2.35. The Balaban J connectivity index is 2.33. The van der Waals surface area contributed by atoms with E-state index in [1.54, 1.807) is 0 Å². The van der Waals surface area contributed by atoms with E-state index in [1.165, 1.54) is 17.7 Å². The Hall–Kier alpha value is -0.180. The summed E-state index contributed by atoms with van der Waals surface area (Å²) < 4.78 is 0. The summed E-state index contributed by atoms with van der Waals surface area (Å²) in [6.07, 6.45) is 3.36. The molecule has 0 saturated heterocycles. The molecule has 0 aliphatic carbocycles. The van der Waals surface area contributed by atoms with Crippen LogP contribution in [0.3, 0.4) is 0 Å². The normalized spacial score (nSPS) is 12.7. The number of rotatable bonds is 6. The van der Waals surface area contributed by atoms with E-state index in [0.29, 0.717) is 6.04 Å². The van der Waals surface area contributed by atoms with Crippen LogP contribution in [0, 0.1) is 0 Å². The Morgan fingerprint density at radius 2 is 2.00 bits per heavy atom. The predicted octanol–water partition coefficient (Wildman–Crippen LogP) is 3.74. The third-order valence-corrected chi connectivity index (χ3v) is 3.29. The van der Waals surface area contributed by atoms with Gasteiger partial charge in [-0.3, -0.25) is 0 Å². The molecule has 0 aliphatic heterocycles. The molecule has 0 spiro atoms. The molecule has 0 amide bonds. The fourth-order valence-corrected chi connectivity index (χ4v) is 1.96. The second kappa shape index (κ2) is 7.15. The zero-order chi connectivity index (χ0) is 11.1. The van der Waals surface area contributed by atoms with Gasteiger partial charge >= 0.3 is 0 Å². The predicted molar refractivity (Wildman–Crippen MR) is 70.9 cm³/mol. The van der Waals surface area contributed by atoms with E-state index in [9.17, 15) is 0 Å². The summed E-state index contributed by atoms with van der Waals surface area (Å²) in [5.41, 5.74) is 1.29. The van der Waals surface area contributed by atoms with Crippen LogP contribution in [0.5, 0.6) is 0 Å². The first-order valence-electron chi connectivity index (χ1n) is 5.22. The molecule has 3 heteroatoms. The van der Waals surface area contributed by atoms with Crippen molar-refractivity contribution in [2.75, 3.05) is 18.6 Å². The molecule has 1 unspecified atom stereocenters. The minimum atomic E-state index is 0.407. The summed E-state index contributed by atoms with van der Waals surface area (Å²) in [6.45, 7) is 3.26. The second-order valence-electron chi connectivity index (χ2n) is 3.57. The molecule has 1 rings (SSSR count). The Labute approximate surface area is 102 Å². The van der Waals surface area contributed by atoms with Gasteiger partial charge in [-0.05, 0) is 49.6 Å². The molecule has 0 heterocycles. The molecule has 15 heavy (non-hydrogen) atoms. The molecule has 1 aromatic rings. The van der Waals surface area contributed by atoms with Crippen molar-refractivity contribution in [3.05, 3.63) is 34.9 Å². The van der Waals surface area contributed by atoms with Crippen molar-refractivity contribution in [2.24, 2.45) is 0 Å². The van der Waals surface area contributed by atoms with Gasteiger partial charge < -0.3 is 5.32 Å². The molecule has 1 aromatic carbocycles. The van der Waals surface area contributed by atoms with Crippen LogP contribution in [-0.4, -0.2) is 18.6 Å². The van der Waals surface area contributed by atoms with E-state index in [-0.39, 0.29) is 0 Å². The van der Waals surface area contributed by atoms with E-state index in [0.717, 1.165) is 11.6 Å². The topological polar surface area (TPSA) is 12.0 Å². The minimum absolute atomic E-state index is 0.407. The van der Waals surface area contributed by atoms with Gasteiger partial charge in [0.2, 0.25) is 0 Å². The lowest BCUT2D eigenvalue weighted by molar-refractivity contribution is 0.572. The molecule has 0 radical (unpaired) electrons. The molecule has 0 aliphatic rings. The van der Waals surface area contributed by atoms with Crippen LogP contribution in [0.25, 0.3) is 0 Å². The van der Waals surface area contributed by atoms with Crippen LogP contribution >= 0.6 is 23.4 Å². The highest BCUT2D eigenvalue weighted by Gasteiger charge is 2.03. The SMILES string of the molecule is CSCCCNC(C)c1ccc(Cl)cc1. The lowest BCUT2D eigenvalue weighted by Gasteiger charge is -2.13. The number of halogens is 1. The largest absolute Gasteiger partial charge is 0.310 e. The van der Waals surface area contributed by atoms with Crippen molar-refractivity contribution in [1.29, 1.82) is 0 Å². The molecule has 0 saturated carbocycles. The quantitative estimate of drug-likeness (QED) is 0.764. The average molecular weight is 244 g/mol. The second-order valence-corrected chi connectivity index (χ2v) is 5.00. The maximum atomic E-state index is 5.84. The molecule has 1 N–H and O–H groups in total. The van der Waals surface area contributed by atoms with Crippen LogP contribution in [0.2, 0.25) is 5.02 Å². The van der Waals surface area contributed by atoms with Crippen LogP contribution in [0.4, 0.5) is 0 Å². The van der Waals surface area contributed by atoms with Gasteiger partial charge in [0.25, 0.3) is 0 Å². The van der Waals surface area contributed by atoms with E-state index < -0.39 is 0 Å². The zero-order valence-corrected chi connectivity index (χ0v) is 10.9. The number of thioether (sulfide) groups is 1. The van der Waals surface area contributed by atoms with Crippen LogP contribution in [-0.2, 0) is 0 Å². The van der Waals surface area contributed by atoms with Crippen molar-refractivity contribution < 1.29 is 0 Å². The van der Waals surface area contributed by atoms with Crippen LogP contribution in [0.15, 0.2) is 24.3 Å². The van der Waals surface area contributed by atoms with Crippen LogP contribution in [0.1, 0.15) is 24.9 Å². The van der Waals surface area contributed by atoms with Crippen molar-refractivity contribution in [3.63, 3.8) is 0 Å². The molecule has 0 bridgehead atoms. The van der Waals surface area contributed by atoms with Gasteiger partial charge in [-0.2, -0.15) is 11.8 Å². The van der Waals surface area contributed by atoms with Crippen LogP contribution < -0.4 is 5.32 Å². The minimum Gasteiger partial charge on any atom is -0.310 e. The zero-order valence-electron chi connectivity index (χ0n) is 9.29. The Bertz CT molecular complexity index is 273. The van der Waals surface area contributed by atoms with Gasteiger partial charge in [-0.25, -0.2) is 0 Å².